The second-order valence-electron chi connectivity index (χ2n) is 6.22. The van der Waals surface area contributed by atoms with Crippen LogP contribution in [0.15, 0.2) is 34.7 Å². The van der Waals surface area contributed by atoms with Gasteiger partial charge in [-0.15, -0.1) is 0 Å². The van der Waals surface area contributed by atoms with Gasteiger partial charge in [0.2, 0.25) is 5.91 Å². The van der Waals surface area contributed by atoms with Crippen molar-refractivity contribution in [1.82, 2.24) is 15.5 Å². The maximum absolute atomic E-state index is 12.1. The molecule has 0 bridgehead atoms. The molecule has 0 radical (unpaired) electrons. The molecule has 0 spiro atoms. The number of amides is 3. The Morgan fingerprint density at radius 3 is 2.75 bits per heavy atom. The standard InChI is InChI=1S/C18H23N3O3/c1-3-21(11-17(22)20-18(23)19-14-8-9-14)12(2)16-10-13-6-4-5-7-15(13)24-16/h4-7,10,12,14H,3,8-9,11H2,1-2H3,(H2,19,20,22,23). The van der Waals surface area contributed by atoms with Crippen molar-refractivity contribution in [3.8, 4) is 0 Å². The number of nitrogens with zero attached hydrogens (tertiary/aromatic N) is 1. The quantitative estimate of drug-likeness (QED) is 0.854. The summed E-state index contributed by atoms with van der Waals surface area (Å²) < 4.78 is 5.88. The van der Waals surface area contributed by atoms with Crippen LogP contribution in [0.4, 0.5) is 4.79 Å². The molecule has 1 unspecified atom stereocenters. The van der Waals surface area contributed by atoms with Crippen LogP contribution in [0, 0.1) is 0 Å². The molecule has 3 rings (SSSR count). The summed E-state index contributed by atoms with van der Waals surface area (Å²) in [6, 6.07) is 9.60. The smallest absolute Gasteiger partial charge is 0.321 e. The Labute approximate surface area is 141 Å². The molecule has 6 heteroatoms. The summed E-state index contributed by atoms with van der Waals surface area (Å²) in [6.07, 6.45) is 1.98. The molecule has 1 saturated carbocycles. The molecule has 1 heterocycles. The van der Waals surface area contributed by atoms with Crippen LogP contribution in [0.5, 0.6) is 0 Å². The van der Waals surface area contributed by atoms with Crippen LogP contribution < -0.4 is 10.6 Å². The topological polar surface area (TPSA) is 74.6 Å². The highest BCUT2D eigenvalue weighted by Crippen LogP contribution is 2.27. The van der Waals surface area contributed by atoms with Crippen molar-refractivity contribution in [2.24, 2.45) is 0 Å². The normalized spacial score (nSPS) is 15.5. The van der Waals surface area contributed by atoms with Crippen LogP contribution in [0.3, 0.4) is 0 Å². The maximum Gasteiger partial charge on any atom is 0.321 e. The highest BCUT2D eigenvalue weighted by atomic mass is 16.3. The van der Waals surface area contributed by atoms with E-state index >= 15 is 0 Å². The van der Waals surface area contributed by atoms with Gasteiger partial charge in [-0.3, -0.25) is 15.0 Å². The lowest BCUT2D eigenvalue weighted by Gasteiger charge is -2.25. The number of rotatable bonds is 6. The number of hydrogen-bond donors (Lipinski definition) is 2. The van der Waals surface area contributed by atoms with E-state index in [1.54, 1.807) is 0 Å². The largest absolute Gasteiger partial charge is 0.459 e. The minimum Gasteiger partial charge on any atom is -0.459 e. The van der Waals surface area contributed by atoms with Gasteiger partial charge in [-0.25, -0.2) is 4.79 Å². The van der Waals surface area contributed by atoms with Crippen molar-refractivity contribution < 1.29 is 14.0 Å². The second kappa shape index (κ2) is 7.05. The molecule has 3 amide bonds. The number of nitrogens with one attached hydrogen (secondary N) is 2. The van der Waals surface area contributed by atoms with E-state index in [9.17, 15) is 9.59 Å². The lowest BCUT2D eigenvalue weighted by molar-refractivity contribution is -0.121. The first-order valence-electron chi connectivity index (χ1n) is 8.39. The van der Waals surface area contributed by atoms with Gasteiger partial charge in [0.15, 0.2) is 0 Å². The van der Waals surface area contributed by atoms with Crippen molar-refractivity contribution in [3.05, 3.63) is 36.1 Å². The molecule has 0 saturated heterocycles. The van der Waals surface area contributed by atoms with Gasteiger partial charge in [0.05, 0.1) is 12.6 Å². The fourth-order valence-electron chi connectivity index (χ4n) is 2.71. The Kier molecular flexibility index (Phi) is 4.85. The zero-order chi connectivity index (χ0) is 17.1. The fraction of sp³-hybridized carbons (Fsp3) is 0.444. The zero-order valence-corrected chi connectivity index (χ0v) is 14.0. The predicted octanol–water partition coefficient (Wildman–Crippen LogP) is 2.80. The molecular formula is C18H23N3O3. The van der Waals surface area contributed by atoms with Crippen LogP contribution in [-0.2, 0) is 4.79 Å². The highest BCUT2D eigenvalue weighted by Gasteiger charge is 2.25. The SMILES string of the molecule is CCN(CC(=O)NC(=O)NC1CC1)C(C)c1cc2ccccc2o1. The van der Waals surface area contributed by atoms with E-state index < -0.39 is 6.03 Å². The van der Waals surface area contributed by atoms with Gasteiger partial charge >= 0.3 is 6.03 Å². The number of carbonyl (C=O) groups excluding carboxylic acids is 2. The van der Waals surface area contributed by atoms with Gasteiger partial charge in [-0.1, -0.05) is 25.1 Å². The average Bonchev–Trinajstić information content (AvgIpc) is 3.26. The predicted molar refractivity (Wildman–Crippen MR) is 91.6 cm³/mol. The van der Waals surface area contributed by atoms with E-state index in [4.69, 9.17) is 4.42 Å². The summed E-state index contributed by atoms with van der Waals surface area (Å²) in [5.74, 6) is 0.506. The van der Waals surface area contributed by atoms with Crippen molar-refractivity contribution in [1.29, 1.82) is 0 Å². The van der Waals surface area contributed by atoms with Crippen molar-refractivity contribution in [3.63, 3.8) is 0 Å². The van der Waals surface area contributed by atoms with Gasteiger partial charge in [0.25, 0.3) is 0 Å². The lowest BCUT2D eigenvalue weighted by Crippen LogP contribution is -2.45. The third kappa shape index (κ3) is 3.94. The van der Waals surface area contributed by atoms with Gasteiger partial charge in [-0.2, -0.15) is 0 Å². The van der Waals surface area contributed by atoms with Gasteiger partial charge in [0.1, 0.15) is 11.3 Å². The number of likely N-dealkylation sites (N-methyl/N-ethyl adjacent to an activating group) is 1. The minimum absolute atomic E-state index is 0.0559. The maximum atomic E-state index is 12.1. The Hall–Kier alpha value is -2.34. The van der Waals surface area contributed by atoms with Gasteiger partial charge in [-0.05, 0) is 38.4 Å². The molecule has 6 nitrogen and oxygen atoms in total. The third-order valence-electron chi connectivity index (χ3n) is 4.32. The number of imide groups is 1. The summed E-state index contributed by atoms with van der Waals surface area (Å²) >= 11 is 0. The molecule has 1 fully saturated rings. The average molecular weight is 329 g/mol. The first-order chi connectivity index (χ1) is 11.6. The van der Waals surface area contributed by atoms with E-state index in [0.717, 1.165) is 29.6 Å². The Bertz CT molecular complexity index is 703. The molecular weight excluding hydrogens is 306 g/mol. The van der Waals surface area contributed by atoms with E-state index in [1.165, 1.54) is 0 Å². The van der Waals surface area contributed by atoms with E-state index in [-0.39, 0.29) is 24.5 Å². The van der Waals surface area contributed by atoms with Crippen LogP contribution in [0.2, 0.25) is 0 Å². The molecule has 2 N–H and O–H groups in total. The molecule has 24 heavy (non-hydrogen) atoms. The number of para-hydroxylation sites is 1. The summed E-state index contributed by atoms with van der Waals surface area (Å²) in [6.45, 7) is 4.80. The van der Waals surface area contributed by atoms with Crippen molar-refractivity contribution in [2.75, 3.05) is 13.1 Å². The Morgan fingerprint density at radius 1 is 1.33 bits per heavy atom. The molecule has 1 aromatic heterocycles. The number of hydrogen-bond acceptors (Lipinski definition) is 4. The first kappa shape index (κ1) is 16.5. The molecule has 1 aliphatic rings. The zero-order valence-electron chi connectivity index (χ0n) is 14.0. The van der Waals surface area contributed by atoms with E-state index in [2.05, 4.69) is 10.6 Å². The Morgan fingerprint density at radius 2 is 2.08 bits per heavy atom. The van der Waals surface area contributed by atoms with Gasteiger partial charge in [0, 0.05) is 11.4 Å². The molecule has 1 aliphatic carbocycles. The lowest BCUT2D eigenvalue weighted by atomic mass is 10.2. The van der Waals surface area contributed by atoms with Gasteiger partial charge < -0.3 is 9.73 Å². The minimum atomic E-state index is -0.407. The number of fused-ring (bicyclic) bond motifs is 1. The number of urea groups is 1. The molecule has 2 aromatic rings. The summed E-state index contributed by atoms with van der Waals surface area (Å²) in [7, 11) is 0. The van der Waals surface area contributed by atoms with Crippen molar-refractivity contribution >= 4 is 22.9 Å². The number of carbonyl (C=O) groups is 2. The molecule has 1 aromatic carbocycles. The van der Waals surface area contributed by atoms with E-state index in [0.29, 0.717) is 6.54 Å². The number of benzene rings is 1. The molecule has 0 aliphatic heterocycles. The highest BCUT2D eigenvalue weighted by molar-refractivity contribution is 5.95. The van der Waals surface area contributed by atoms with Crippen LogP contribution >= 0.6 is 0 Å². The third-order valence-corrected chi connectivity index (χ3v) is 4.32. The van der Waals surface area contributed by atoms with E-state index in [1.807, 2.05) is 49.1 Å². The number of furan rings is 1. The first-order valence-corrected chi connectivity index (χ1v) is 8.39. The summed E-state index contributed by atoms with van der Waals surface area (Å²) in [4.78, 5) is 25.7. The van der Waals surface area contributed by atoms with Crippen molar-refractivity contribution in [2.45, 2.75) is 38.8 Å². The molecule has 128 valence electrons. The molecule has 1 atom stereocenters. The monoisotopic (exact) mass is 329 g/mol. The van der Waals surface area contributed by atoms with Crippen LogP contribution in [0.25, 0.3) is 11.0 Å². The second-order valence-corrected chi connectivity index (χ2v) is 6.22. The summed E-state index contributed by atoms with van der Waals surface area (Å²) in [5, 5.41) is 6.18. The van der Waals surface area contributed by atoms with Crippen LogP contribution in [0.1, 0.15) is 38.5 Å². The van der Waals surface area contributed by atoms with Crippen LogP contribution in [-0.4, -0.2) is 36.0 Å². The fourth-order valence-corrected chi connectivity index (χ4v) is 2.71. The Balaban J connectivity index is 1.61. The summed E-state index contributed by atoms with van der Waals surface area (Å²) in [5.41, 5.74) is 0.837.